The van der Waals surface area contributed by atoms with E-state index in [-0.39, 0.29) is 5.91 Å². The van der Waals surface area contributed by atoms with Crippen LogP contribution in [0.1, 0.15) is 11.1 Å². The molecule has 0 aliphatic carbocycles. The number of amides is 1. The molecule has 1 aliphatic heterocycles. The first-order valence-corrected chi connectivity index (χ1v) is 4.33. The van der Waals surface area contributed by atoms with Crippen LogP contribution < -0.4 is 11.1 Å². The highest BCUT2D eigenvalue weighted by Gasteiger charge is 2.21. The third-order valence-corrected chi connectivity index (χ3v) is 2.30. The van der Waals surface area contributed by atoms with Crippen molar-refractivity contribution >= 4 is 11.6 Å². The van der Waals surface area contributed by atoms with Crippen LogP contribution in [-0.2, 0) is 11.2 Å². The third kappa shape index (κ3) is 1.42. The van der Waals surface area contributed by atoms with Gasteiger partial charge in [0.25, 0.3) is 0 Å². The molecule has 0 radical (unpaired) electrons. The van der Waals surface area contributed by atoms with Crippen molar-refractivity contribution in [3.8, 4) is 0 Å². The Labute approximate surface area is 76.9 Å². The van der Waals surface area contributed by atoms with Gasteiger partial charge in [0.2, 0.25) is 5.91 Å². The molecule has 1 atom stereocenters. The Hall–Kier alpha value is -1.35. The van der Waals surface area contributed by atoms with E-state index in [1.807, 2.05) is 25.1 Å². The highest BCUT2D eigenvalue weighted by molar-refractivity contribution is 5.97. The molecular formula is C10H12N2O. The Kier molecular flexibility index (Phi) is 1.81. The lowest BCUT2D eigenvalue weighted by atomic mass is 9.98. The third-order valence-electron chi connectivity index (χ3n) is 2.30. The van der Waals surface area contributed by atoms with Crippen LogP contribution in [0.25, 0.3) is 0 Å². The monoisotopic (exact) mass is 176 g/mol. The summed E-state index contributed by atoms with van der Waals surface area (Å²) >= 11 is 0. The highest BCUT2D eigenvalue weighted by atomic mass is 16.2. The van der Waals surface area contributed by atoms with Crippen molar-refractivity contribution in [2.45, 2.75) is 19.4 Å². The van der Waals surface area contributed by atoms with Gasteiger partial charge in [-0.2, -0.15) is 0 Å². The Balaban J connectivity index is 2.42. The van der Waals surface area contributed by atoms with E-state index in [4.69, 9.17) is 5.73 Å². The largest absolute Gasteiger partial charge is 0.324 e. The van der Waals surface area contributed by atoms with Gasteiger partial charge in [-0.05, 0) is 30.5 Å². The van der Waals surface area contributed by atoms with E-state index in [2.05, 4.69) is 5.32 Å². The number of nitrogens with two attached hydrogens (primary N) is 1. The van der Waals surface area contributed by atoms with E-state index in [0.29, 0.717) is 6.42 Å². The van der Waals surface area contributed by atoms with E-state index in [1.54, 1.807) is 0 Å². The molecule has 1 heterocycles. The fourth-order valence-electron chi connectivity index (χ4n) is 1.54. The van der Waals surface area contributed by atoms with Crippen LogP contribution in [0.4, 0.5) is 5.69 Å². The first-order valence-electron chi connectivity index (χ1n) is 4.33. The molecule has 68 valence electrons. The molecule has 13 heavy (non-hydrogen) atoms. The molecule has 0 saturated heterocycles. The molecule has 0 bridgehead atoms. The SMILES string of the molecule is Cc1ccc2c(c1)NC(=O)C(N)C2. The van der Waals surface area contributed by atoms with Crippen molar-refractivity contribution in [2.75, 3.05) is 5.32 Å². The van der Waals surface area contributed by atoms with Gasteiger partial charge in [-0.25, -0.2) is 0 Å². The fourth-order valence-corrected chi connectivity index (χ4v) is 1.54. The van der Waals surface area contributed by atoms with Crippen LogP contribution in [0.2, 0.25) is 0 Å². The summed E-state index contributed by atoms with van der Waals surface area (Å²) in [5, 5.41) is 2.79. The van der Waals surface area contributed by atoms with Crippen molar-refractivity contribution < 1.29 is 4.79 Å². The highest BCUT2D eigenvalue weighted by Crippen LogP contribution is 2.22. The lowest BCUT2D eigenvalue weighted by Crippen LogP contribution is -2.41. The fraction of sp³-hybridized carbons (Fsp3) is 0.300. The van der Waals surface area contributed by atoms with Gasteiger partial charge >= 0.3 is 0 Å². The van der Waals surface area contributed by atoms with E-state index in [9.17, 15) is 4.79 Å². The topological polar surface area (TPSA) is 55.1 Å². The molecule has 1 aromatic carbocycles. The van der Waals surface area contributed by atoms with Crippen LogP contribution in [-0.4, -0.2) is 11.9 Å². The zero-order valence-electron chi connectivity index (χ0n) is 7.50. The number of nitrogens with one attached hydrogen (secondary N) is 1. The van der Waals surface area contributed by atoms with Crippen LogP contribution in [0, 0.1) is 6.92 Å². The maximum Gasteiger partial charge on any atom is 0.241 e. The number of fused-ring (bicyclic) bond motifs is 1. The molecule has 3 N–H and O–H groups in total. The van der Waals surface area contributed by atoms with Gasteiger partial charge in [-0.1, -0.05) is 12.1 Å². The molecule has 1 aromatic rings. The van der Waals surface area contributed by atoms with Gasteiger partial charge in [-0.15, -0.1) is 0 Å². The van der Waals surface area contributed by atoms with Crippen molar-refractivity contribution in [3.63, 3.8) is 0 Å². The van der Waals surface area contributed by atoms with Crippen LogP contribution >= 0.6 is 0 Å². The minimum absolute atomic E-state index is 0.0851. The Morgan fingerprint density at radius 3 is 3.08 bits per heavy atom. The summed E-state index contributed by atoms with van der Waals surface area (Å²) in [6.45, 7) is 2.00. The molecule has 1 amide bonds. The minimum atomic E-state index is -0.393. The number of hydrogen-bond acceptors (Lipinski definition) is 2. The molecule has 0 aromatic heterocycles. The number of hydrogen-bond donors (Lipinski definition) is 2. The number of benzene rings is 1. The first-order chi connectivity index (χ1) is 6.16. The Morgan fingerprint density at radius 1 is 1.54 bits per heavy atom. The summed E-state index contributed by atoms with van der Waals surface area (Å²) in [5.74, 6) is -0.0851. The molecule has 3 heteroatoms. The molecule has 0 spiro atoms. The normalized spacial score (nSPS) is 20.8. The average molecular weight is 176 g/mol. The number of carbonyl (C=O) groups excluding carboxylic acids is 1. The van der Waals surface area contributed by atoms with E-state index >= 15 is 0 Å². The zero-order chi connectivity index (χ0) is 9.42. The van der Waals surface area contributed by atoms with E-state index < -0.39 is 6.04 Å². The summed E-state index contributed by atoms with van der Waals surface area (Å²) in [6, 6.07) is 5.63. The lowest BCUT2D eigenvalue weighted by Gasteiger charge is -2.21. The van der Waals surface area contributed by atoms with Gasteiger partial charge in [0.05, 0.1) is 6.04 Å². The second kappa shape index (κ2) is 2.85. The van der Waals surface area contributed by atoms with Crippen LogP contribution in [0.15, 0.2) is 18.2 Å². The predicted octanol–water partition coefficient (Wildman–Crippen LogP) is 0.817. The maximum atomic E-state index is 11.2. The molecular weight excluding hydrogens is 164 g/mol. The van der Waals surface area contributed by atoms with Gasteiger partial charge in [0.15, 0.2) is 0 Å². The van der Waals surface area contributed by atoms with Gasteiger partial charge in [0, 0.05) is 5.69 Å². The van der Waals surface area contributed by atoms with Gasteiger partial charge in [-0.3, -0.25) is 4.79 Å². The molecule has 2 rings (SSSR count). The second-order valence-electron chi connectivity index (χ2n) is 3.46. The summed E-state index contributed by atoms with van der Waals surface area (Å²) < 4.78 is 0. The molecule has 0 saturated carbocycles. The predicted molar refractivity (Wildman–Crippen MR) is 51.5 cm³/mol. The molecule has 1 unspecified atom stereocenters. The number of anilines is 1. The lowest BCUT2D eigenvalue weighted by molar-refractivity contribution is -0.117. The Morgan fingerprint density at radius 2 is 2.31 bits per heavy atom. The smallest absolute Gasteiger partial charge is 0.241 e. The Bertz CT molecular complexity index is 360. The second-order valence-corrected chi connectivity index (χ2v) is 3.46. The van der Waals surface area contributed by atoms with E-state index in [0.717, 1.165) is 16.8 Å². The molecule has 3 nitrogen and oxygen atoms in total. The summed E-state index contributed by atoms with van der Waals surface area (Å²) in [7, 11) is 0. The summed E-state index contributed by atoms with van der Waals surface area (Å²) in [4.78, 5) is 11.2. The van der Waals surface area contributed by atoms with Crippen LogP contribution in [0.3, 0.4) is 0 Å². The number of aryl methyl sites for hydroxylation is 1. The first kappa shape index (κ1) is 8.26. The van der Waals surface area contributed by atoms with Gasteiger partial charge < -0.3 is 11.1 Å². The standard InChI is InChI=1S/C10H12N2O/c1-6-2-3-7-5-8(11)10(13)12-9(7)4-6/h2-4,8H,5,11H2,1H3,(H,12,13). The maximum absolute atomic E-state index is 11.2. The quantitative estimate of drug-likeness (QED) is 0.614. The van der Waals surface area contributed by atoms with Crippen molar-refractivity contribution in [2.24, 2.45) is 5.73 Å². The summed E-state index contributed by atoms with van der Waals surface area (Å²) in [6.07, 6.45) is 0.640. The molecule has 0 fully saturated rings. The van der Waals surface area contributed by atoms with Crippen molar-refractivity contribution in [1.29, 1.82) is 0 Å². The van der Waals surface area contributed by atoms with E-state index in [1.165, 1.54) is 0 Å². The van der Waals surface area contributed by atoms with Crippen LogP contribution in [0.5, 0.6) is 0 Å². The summed E-state index contributed by atoms with van der Waals surface area (Å²) in [5.41, 5.74) is 8.80. The van der Waals surface area contributed by atoms with Crippen molar-refractivity contribution in [3.05, 3.63) is 29.3 Å². The zero-order valence-corrected chi connectivity index (χ0v) is 7.50. The average Bonchev–Trinajstić information content (AvgIpc) is 2.08. The van der Waals surface area contributed by atoms with Gasteiger partial charge in [0.1, 0.15) is 0 Å². The minimum Gasteiger partial charge on any atom is -0.324 e. The van der Waals surface area contributed by atoms with Crippen molar-refractivity contribution in [1.82, 2.24) is 0 Å². The number of rotatable bonds is 0. The molecule has 1 aliphatic rings. The number of carbonyl (C=O) groups is 1.